The second kappa shape index (κ2) is 17.1. The zero-order valence-corrected chi connectivity index (χ0v) is 35.1. The molecule has 4 heterocycles. The van der Waals surface area contributed by atoms with Gasteiger partial charge in [-0.2, -0.15) is 0 Å². The zero-order chi connectivity index (χ0) is 41.3. The molecule has 8 nitrogen and oxygen atoms in total. The van der Waals surface area contributed by atoms with Crippen molar-refractivity contribution in [2.45, 2.75) is 63.3 Å². The number of benzene rings is 6. The van der Waals surface area contributed by atoms with E-state index in [4.69, 9.17) is 33.1 Å². The number of aryl methyl sites for hydroxylation is 2. The Balaban J connectivity index is 1.03. The second-order valence-corrected chi connectivity index (χ2v) is 16.7. The molecule has 2 unspecified atom stereocenters. The average molecular weight is 813 g/mol. The van der Waals surface area contributed by atoms with Crippen LogP contribution in [0.15, 0.2) is 138 Å². The molecular weight excluding hydrogens is 761 g/mol. The second-order valence-electron chi connectivity index (χ2n) is 16.7. The summed E-state index contributed by atoms with van der Waals surface area (Å²) in [6.07, 6.45) is 1.94. The smallest absolute Gasteiger partial charge is 0.208 e. The molecule has 0 aliphatic carbocycles. The van der Waals surface area contributed by atoms with Crippen molar-refractivity contribution in [2.24, 2.45) is 0 Å². The van der Waals surface area contributed by atoms with Crippen molar-refractivity contribution in [3.63, 3.8) is 0 Å². The van der Waals surface area contributed by atoms with Gasteiger partial charge in [0, 0.05) is 48.4 Å². The number of aromatic nitrogens is 1. The molecule has 1 saturated heterocycles. The first-order chi connectivity index (χ1) is 30.0. The molecule has 3 aliphatic rings. The molecule has 7 aromatic rings. The fraction of sp³-hybridized carbons (Fsp3) is 0.302. The van der Waals surface area contributed by atoms with Crippen LogP contribution in [0.1, 0.15) is 86.9 Å². The standard InChI is InChI=1S/C53H52N2O6/c1-34-15-17-36(18-16-34)45-33-58-48-30-41(56-3)23-24-43(48)52(45)44-31-46-49(60-35(2)54-46)29-39(44)32-59-53-51(37-11-5-4-6-12-37)50(42-13-7-8-14-47(42)61-53)38-19-21-40(22-20-38)57-28-27-55-25-9-10-26-55/h4-8,11-24,29-31,45,50-53H,9-10,25-28,32-33H2,1-3H3/t45?,50-,51-,52?,53+/m0/s1. The normalized spacial score (nSPS) is 21.0. The molecular formula is C53H52N2O6. The molecule has 3 aliphatic heterocycles. The van der Waals surface area contributed by atoms with Crippen LogP contribution < -0.4 is 18.9 Å². The summed E-state index contributed by atoms with van der Waals surface area (Å²) in [6, 6.07) is 47.0. The van der Waals surface area contributed by atoms with Gasteiger partial charge in [-0.25, -0.2) is 4.98 Å². The van der Waals surface area contributed by atoms with E-state index in [9.17, 15) is 0 Å². The van der Waals surface area contributed by atoms with Gasteiger partial charge < -0.3 is 28.1 Å². The van der Waals surface area contributed by atoms with Crippen LogP contribution in [0.5, 0.6) is 23.0 Å². The Bertz CT molecular complexity index is 2600. The Morgan fingerprint density at radius 2 is 1.43 bits per heavy atom. The van der Waals surface area contributed by atoms with Crippen molar-refractivity contribution in [2.75, 3.05) is 40.0 Å². The Morgan fingerprint density at radius 1 is 0.689 bits per heavy atom. The van der Waals surface area contributed by atoms with Crippen LogP contribution in [0.2, 0.25) is 0 Å². The molecule has 1 fully saturated rings. The minimum atomic E-state index is -0.613. The summed E-state index contributed by atoms with van der Waals surface area (Å²) in [5, 5.41) is 0. The number of hydrogen-bond donors (Lipinski definition) is 0. The average Bonchev–Trinajstić information content (AvgIpc) is 3.96. The highest BCUT2D eigenvalue weighted by atomic mass is 16.7. The van der Waals surface area contributed by atoms with Crippen LogP contribution in [0.3, 0.4) is 0 Å². The van der Waals surface area contributed by atoms with Gasteiger partial charge in [0.2, 0.25) is 6.29 Å². The Hall–Kier alpha value is -6.09. The third-order valence-corrected chi connectivity index (χ3v) is 12.8. The molecule has 0 bridgehead atoms. The maximum absolute atomic E-state index is 7.17. The van der Waals surface area contributed by atoms with Gasteiger partial charge in [0.1, 0.15) is 35.1 Å². The number of likely N-dealkylation sites (tertiary alicyclic amines) is 1. The molecule has 5 atom stereocenters. The van der Waals surface area contributed by atoms with Gasteiger partial charge in [-0.1, -0.05) is 96.6 Å². The first-order valence-electron chi connectivity index (χ1n) is 21.6. The van der Waals surface area contributed by atoms with E-state index in [1.807, 2.05) is 25.1 Å². The molecule has 0 radical (unpaired) electrons. The van der Waals surface area contributed by atoms with Gasteiger partial charge in [0.15, 0.2) is 11.5 Å². The monoisotopic (exact) mass is 812 g/mol. The van der Waals surface area contributed by atoms with Crippen LogP contribution >= 0.6 is 0 Å². The first kappa shape index (κ1) is 39.1. The molecule has 0 saturated carbocycles. The predicted octanol–water partition coefficient (Wildman–Crippen LogP) is 11.1. The molecule has 61 heavy (non-hydrogen) atoms. The highest BCUT2D eigenvalue weighted by Gasteiger charge is 2.42. The van der Waals surface area contributed by atoms with Gasteiger partial charge >= 0.3 is 0 Å². The summed E-state index contributed by atoms with van der Waals surface area (Å²) in [7, 11) is 1.69. The number of fused-ring (bicyclic) bond motifs is 3. The topological polar surface area (TPSA) is 75.4 Å². The van der Waals surface area contributed by atoms with E-state index in [1.165, 1.54) is 29.5 Å². The molecule has 6 aromatic carbocycles. The lowest BCUT2D eigenvalue weighted by Gasteiger charge is -2.40. The van der Waals surface area contributed by atoms with Crippen molar-refractivity contribution >= 4 is 11.1 Å². The summed E-state index contributed by atoms with van der Waals surface area (Å²) in [6.45, 7) is 8.77. The van der Waals surface area contributed by atoms with Gasteiger partial charge in [0.25, 0.3) is 0 Å². The van der Waals surface area contributed by atoms with Crippen LogP contribution in [0, 0.1) is 13.8 Å². The van der Waals surface area contributed by atoms with E-state index in [-0.39, 0.29) is 30.3 Å². The van der Waals surface area contributed by atoms with Crippen molar-refractivity contribution < 1.29 is 28.1 Å². The van der Waals surface area contributed by atoms with Crippen molar-refractivity contribution in [1.29, 1.82) is 0 Å². The summed E-state index contributed by atoms with van der Waals surface area (Å²) in [5.41, 5.74) is 10.6. The number of oxazole rings is 1. The van der Waals surface area contributed by atoms with Gasteiger partial charge in [0.05, 0.1) is 26.2 Å². The first-order valence-corrected chi connectivity index (χ1v) is 21.6. The van der Waals surface area contributed by atoms with Crippen molar-refractivity contribution in [3.8, 4) is 23.0 Å². The third kappa shape index (κ3) is 7.98. The predicted molar refractivity (Wildman–Crippen MR) is 237 cm³/mol. The number of ether oxygens (including phenoxy) is 5. The molecule has 10 rings (SSSR count). The van der Waals surface area contributed by atoms with Crippen LogP contribution in [-0.2, 0) is 11.3 Å². The number of para-hydroxylation sites is 1. The maximum Gasteiger partial charge on any atom is 0.208 e. The third-order valence-electron chi connectivity index (χ3n) is 12.8. The van der Waals surface area contributed by atoms with E-state index < -0.39 is 6.29 Å². The molecule has 310 valence electrons. The lowest BCUT2D eigenvalue weighted by Crippen LogP contribution is -2.37. The van der Waals surface area contributed by atoms with E-state index in [0.717, 1.165) is 81.5 Å². The maximum atomic E-state index is 7.17. The SMILES string of the molecule is COc1ccc2c(c1)OCC(c1ccc(C)cc1)C2c1cc2nc(C)oc2cc1CO[C@@H]1Oc2ccccc2[C@H](c2ccc(OCCN3CCCC3)cc2)[C@@H]1c1ccccc1. The number of methoxy groups -OCH3 is 1. The lowest BCUT2D eigenvalue weighted by atomic mass is 9.74. The minimum Gasteiger partial charge on any atom is -0.497 e. The lowest BCUT2D eigenvalue weighted by molar-refractivity contribution is -0.116. The van der Waals surface area contributed by atoms with E-state index in [1.54, 1.807) is 7.11 Å². The molecule has 0 amide bonds. The number of nitrogens with zero attached hydrogens (tertiary/aromatic N) is 2. The van der Waals surface area contributed by atoms with E-state index in [2.05, 4.69) is 127 Å². The number of rotatable bonds is 12. The van der Waals surface area contributed by atoms with E-state index in [0.29, 0.717) is 19.1 Å². The fourth-order valence-electron chi connectivity index (χ4n) is 9.75. The Labute approximate surface area is 358 Å². The van der Waals surface area contributed by atoms with E-state index >= 15 is 0 Å². The zero-order valence-electron chi connectivity index (χ0n) is 35.1. The summed E-state index contributed by atoms with van der Waals surface area (Å²) < 4.78 is 38.7. The number of hydrogen-bond acceptors (Lipinski definition) is 8. The van der Waals surface area contributed by atoms with Crippen LogP contribution in [0.4, 0.5) is 0 Å². The summed E-state index contributed by atoms with van der Waals surface area (Å²) in [4.78, 5) is 7.30. The fourth-order valence-corrected chi connectivity index (χ4v) is 9.75. The van der Waals surface area contributed by atoms with Gasteiger partial charge in [-0.05, 0) is 97.1 Å². The van der Waals surface area contributed by atoms with Crippen LogP contribution in [0.25, 0.3) is 11.1 Å². The largest absolute Gasteiger partial charge is 0.497 e. The quantitative estimate of drug-likeness (QED) is 0.121. The van der Waals surface area contributed by atoms with Gasteiger partial charge in [-0.3, -0.25) is 4.90 Å². The van der Waals surface area contributed by atoms with Crippen molar-refractivity contribution in [3.05, 3.63) is 184 Å². The molecule has 0 N–H and O–H groups in total. The van der Waals surface area contributed by atoms with Crippen molar-refractivity contribution in [1.82, 2.24) is 9.88 Å². The Morgan fingerprint density at radius 3 is 2.23 bits per heavy atom. The van der Waals surface area contributed by atoms with Crippen LogP contribution in [-0.4, -0.2) is 56.1 Å². The minimum absolute atomic E-state index is 0.0251. The molecule has 8 heteroatoms. The highest BCUT2D eigenvalue weighted by molar-refractivity contribution is 5.76. The highest BCUT2D eigenvalue weighted by Crippen LogP contribution is 2.51. The Kier molecular flexibility index (Phi) is 11.0. The molecule has 0 spiro atoms. The molecule has 1 aromatic heterocycles. The summed E-state index contributed by atoms with van der Waals surface area (Å²) in [5.74, 6) is 3.66. The summed E-state index contributed by atoms with van der Waals surface area (Å²) >= 11 is 0. The van der Waals surface area contributed by atoms with Gasteiger partial charge in [-0.15, -0.1) is 0 Å².